The first-order valence-electron chi connectivity index (χ1n) is 7.37. The normalized spacial score (nSPS) is 21.9. The minimum absolute atomic E-state index is 0.0593. The summed E-state index contributed by atoms with van der Waals surface area (Å²) in [5.41, 5.74) is 0.657. The Kier molecular flexibility index (Phi) is 5.53. The van der Waals surface area contributed by atoms with Gasteiger partial charge in [-0.2, -0.15) is 0 Å². The van der Waals surface area contributed by atoms with Crippen molar-refractivity contribution in [1.82, 2.24) is 4.90 Å². The van der Waals surface area contributed by atoms with Crippen molar-refractivity contribution < 1.29 is 14.4 Å². The summed E-state index contributed by atoms with van der Waals surface area (Å²) in [5, 5.41) is 0. The molecule has 0 unspecified atom stereocenters. The molecule has 4 nitrogen and oxygen atoms in total. The van der Waals surface area contributed by atoms with Crippen LogP contribution in [0.3, 0.4) is 0 Å². The third-order valence-corrected chi connectivity index (χ3v) is 5.04. The zero-order chi connectivity index (χ0) is 15.4. The molecule has 21 heavy (non-hydrogen) atoms. The number of hydrogen-bond donors (Lipinski definition) is 1. The van der Waals surface area contributed by atoms with Gasteiger partial charge in [-0.1, -0.05) is 0 Å². The zero-order valence-electron chi connectivity index (χ0n) is 13.3. The van der Waals surface area contributed by atoms with Gasteiger partial charge in [0.15, 0.2) is 0 Å². The summed E-state index contributed by atoms with van der Waals surface area (Å²) in [6, 6.07) is 6.13. The number of thioether (sulfide) groups is 1. The lowest BCUT2D eigenvalue weighted by Crippen LogP contribution is -3.10. The number of carbonyl (C=O) groups is 1. The number of nitrogens with zero attached hydrogens (tertiary/aromatic N) is 1. The molecule has 1 aromatic rings. The van der Waals surface area contributed by atoms with E-state index in [1.54, 1.807) is 23.8 Å². The maximum Gasteiger partial charge on any atom is 0.257 e. The number of rotatable bonds is 4. The molecule has 5 heteroatoms. The fourth-order valence-corrected chi connectivity index (χ4v) is 3.24. The molecule has 1 fully saturated rings. The molecule has 0 radical (unpaired) electrons. The first kappa shape index (κ1) is 16.2. The number of methoxy groups -OCH3 is 1. The minimum atomic E-state index is 0.0593. The Morgan fingerprint density at radius 2 is 2.05 bits per heavy atom. The Hall–Kier alpha value is -1.20. The highest BCUT2D eigenvalue weighted by atomic mass is 32.2. The van der Waals surface area contributed by atoms with Gasteiger partial charge in [0, 0.05) is 30.8 Å². The van der Waals surface area contributed by atoms with Crippen LogP contribution in [0.5, 0.6) is 5.75 Å². The van der Waals surface area contributed by atoms with E-state index in [0.717, 1.165) is 30.8 Å². The van der Waals surface area contributed by atoms with Crippen LogP contribution >= 0.6 is 11.8 Å². The fraction of sp³-hybridized carbons (Fsp3) is 0.562. The number of quaternary nitrogens is 1. The lowest BCUT2D eigenvalue weighted by molar-refractivity contribution is -0.885. The average molecular weight is 309 g/mol. The van der Waals surface area contributed by atoms with Gasteiger partial charge in [-0.15, -0.1) is 11.8 Å². The van der Waals surface area contributed by atoms with Crippen LogP contribution in [0.15, 0.2) is 23.1 Å². The molecule has 116 valence electrons. The second kappa shape index (κ2) is 7.18. The number of benzene rings is 1. The second-order valence-electron chi connectivity index (χ2n) is 5.67. The van der Waals surface area contributed by atoms with Crippen molar-refractivity contribution in [2.45, 2.75) is 23.8 Å². The van der Waals surface area contributed by atoms with Crippen LogP contribution in [0.2, 0.25) is 0 Å². The summed E-state index contributed by atoms with van der Waals surface area (Å²) >= 11 is 1.65. The molecule has 1 N–H and O–H groups in total. The maximum absolute atomic E-state index is 12.7. The third kappa shape index (κ3) is 3.71. The highest BCUT2D eigenvalue weighted by Gasteiger charge is 2.27. The number of nitrogens with one attached hydrogen (secondary N) is 1. The minimum Gasteiger partial charge on any atom is -0.496 e. The van der Waals surface area contributed by atoms with Gasteiger partial charge in [0.05, 0.1) is 32.8 Å². The van der Waals surface area contributed by atoms with Crippen LogP contribution in [0.1, 0.15) is 23.2 Å². The quantitative estimate of drug-likeness (QED) is 0.848. The number of carbonyl (C=O) groups excluding carboxylic acids is 1. The van der Waals surface area contributed by atoms with Gasteiger partial charge in [0.25, 0.3) is 5.91 Å². The van der Waals surface area contributed by atoms with Gasteiger partial charge < -0.3 is 14.5 Å². The first-order chi connectivity index (χ1) is 10.1. The van der Waals surface area contributed by atoms with Gasteiger partial charge in [-0.25, -0.2) is 0 Å². The molecular weight excluding hydrogens is 284 g/mol. The van der Waals surface area contributed by atoms with Crippen LogP contribution < -0.4 is 9.64 Å². The van der Waals surface area contributed by atoms with Crippen molar-refractivity contribution in [3.05, 3.63) is 23.8 Å². The summed E-state index contributed by atoms with van der Waals surface area (Å²) in [4.78, 5) is 17.3. The third-order valence-electron chi connectivity index (χ3n) is 4.32. The zero-order valence-corrected chi connectivity index (χ0v) is 14.1. The van der Waals surface area contributed by atoms with Gasteiger partial charge in [-0.3, -0.25) is 4.79 Å². The molecule has 0 bridgehead atoms. The Morgan fingerprint density at radius 1 is 1.38 bits per heavy atom. The summed E-state index contributed by atoms with van der Waals surface area (Å²) < 4.78 is 5.40. The Morgan fingerprint density at radius 3 is 2.62 bits per heavy atom. The van der Waals surface area contributed by atoms with Gasteiger partial charge in [0.1, 0.15) is 5.75 Å². The van der Waals surface area contributed by atoms with E-state index in [-0.39, 0.29) is 5.91 Å². The second-order valence-corrected chi connectivity index (χ2v) is 6.55. The number of ether oxygens (including phenoxy) is 1. The van der Waals surface area contributed by atoms with Crippen molar-refractivity contribution in [2.24, 2.45) is 0 Å². The summed E-state index contributed by atoms with van der Waals surface area (Å²) in [5.74, 6) is 0.723. The van der Waals surface area contributed by atoms with Crippen molar-refractivity contribution in [3.63, 3.8) is 0 Å². The monoisotopic (exact) mass is 309 g/mol. The van der Waals surface area contributed by atoms with E-state index in [9.17, 15) is 4.79 Å². The lowest BCUT2D eigenvalue weighted by atomic mass is 10.0. The van der Waals surface area contributed by atoms with Gasteiger partial charge >= 0.3 is 0 Å². The molecule has 0 aromatic heterocycles. The summed E-state index contributed by atoms with van der Waals surface area (Å²) in [6.45, 7) is 2.26. The van der Waals surface area contributed by atoms with Crippen LogP contribution in [0.25, 0.3) is 0 Å². The Bertz CT molecular complexity index is 499. The average Bonchev–Trinajstić information content (AvgIpc) is 2.53. The summed E-state index contributed by atoms with van der Waals surface area (Å²) in [7, 11) is 5.74. The number of amides is 1. The van der Waals surface area contributed by atoms with Gasteiger partial charge in [-0.05, 0) is 24.5 Å². The van der Waals surface area contributed by atoms with Crippen LogP contribution in [-0.4, -0.2) is 57.4 Å². The molecule has 1 aliphatic heterocycles. The van der Waals surface area contributed by atoms with Crippen molar-refractivity contribution in [1.29, 1.82) is 0 Å². The lowest BCUT2D eigenvalue weighted by Gasteiger charge is -2.33. The smallest absolute Gasteiger partial charge is 0.257 e. The van der Waals surface area contributed by atoms with E-state index in [4.69, 9.17) is 4.74 Å². The number of hydrogen-bond acceptors (Lipinski definition) is 3. The van der Waals surface area contributed by atoms with E-state index < -0.39 is 0 Å². The molecule has 0 spiro atoms. The van der Waals surface area contributed by atoms with Crippen molar-refractivity contribution >= 4 is 17.7 Å². The molecular formula is C16H25N2O2S+. The van der Waals surface area contributed by atoms with Crippen LogP contribution in [-0.2, 0) is 0 Å². The first-order valence-corrected chi connectivity index (χ1v) is 8.59. The standard InChI is InChI=1S/C16H24N2O2S/c1-17-9-7-12(8-10-17)18(2)16(19)14-6-5-13(21-4)11-15(14)20-3/h5-6,11-12H,7-10H2,1-4H3/p+1. The van der Waals surface area contributed by atoms with E-state index in [1.807, 2.05) is 36.4 Å². The largest absolute Gasteiger partial charge is 0.496 e. The van der Waals surface area contributed by atoms with E-state index in [1.165, 1.54) is 0 Å². The van der Waals surface area contributed by atoms with Crippen molar-refractivity contribution in [2.75, 3.05) is 40.6 Å². The molecule has 1 heterocycles. The Labute approximate surface area is 131 Å². The van der Waals surface area contributed by atoms with Gasteiger partial charge in [0.2, 0.25) is 0 Å². The molecule has 0 atom stereocenters. The maximum atomic E-state index is 12.7. The predicted octanol–water partition coefficient (Wildman–Crippen LogP) is 1.17. The highest BCUT2D eigenvalue weighted by Crippen LogP contribution is 2.27. The highest BCUT2D eigenvalue weighted by molar-refractivity contribution is 7.98. The SMILES string of the molecule is COc1cc(SC)ccc1C(=O)N(C)C1CC[NH+](C)CC1. The molecule has 1 aromatic carbocycles. The van der Waals surface area contributed by atoms with E-state index in [0.29, 0.717) is 17.4 Å². The molecule has 0 saturated carbocycles. The molecule has 1 saturated heterocycles. The summed E-state index contributed by atoms with van der Waals surface area (Å²) in [6.07, 6.45) is 4.15. The molecule has 2 rings (SSSR count). The number of piperidine rings is 1. The fourth-order valence-electron chi connectivity index (χ4n) is 2.81. The Balaban J connectivity index is 2.15. The predicted molar refractivity (Wildman–Crippen MR) is 86.5 cm³/mol. The van der Waals surface area contributed by atoms with E-state index >= 15 is 0 Å². The molecule has 1 aliphatic rings. The number of likely N-dealkylation sites (tertiary alicyclic amines) is 1. The van der Waals surface area contributed by atoms with Crippen LogP contribution in [0, 0.1) is 0 Å². The van der Waals surface area contributed by atoms with Crippen molar-refractivity contribution in [3.8, 4) is 5.75 Å². The molecule has 0 aliphatic carbocycles. The molecule has 1 amide bonds. The van der Waals surface area contributed by atoms with Crippen LogP contribution in [0.4, 0.5) is 0 Å². The topological polar surface area (TPSA) is 34.0 Å². The van der Waals surface area contributed by atoms with E-state index in [2.05, 4.69) is 7.05 Å².